The molecule has 0 unspecified atom stereocenters. The van der Waals surface area contributed by atoms with Crippen molar-refractivity contribution in [2.75, 3.05) is 17.2 Å². The summed E-state index contributed by atoms with van der Waals surface area (Å²) < 4.78 is 9.92. The number of benzene rings is 1. The average Bonchev–Trinajstić information content (AvgIpc) is 3.06. The standard InChI is InChI=1S/C19H19N5O4/c1-4-27-18(26)13-5-7-14(8-6-13)21-17(25)15-9-11(2)20-19(22-15)23-16-10-12(3)28-24-16/h5-10H,4H2,1-3H3,(H,21,25)(H,20,22,23,24). The van der Waals surface area contributed by atoms with E-state index in [1.165, 1.54) is 0 Å². The van der Waals surface area contributed by atoms with Crippen molar-refractivity contribution < 1.29 is 18.8 Å². The predicted octanol–water partition coefficient (Wildman–Crippen LogP) is 3.25. The van der Waals surface area contributed by atoms with Crippen LogP contribution in [0.1, 0.15) is 39.2 Å². The molecule has 1 aromatic carbocycles. The first-order valence-corrected chi connectivity index (χ1v) is 8.59. The van der Waals surface area contributed by atoms with Gasteiger partial charge in [0.15, 0.2) is 5.82 Å². The summed E-state index contributed by atoms with van der Waals surface area (Å²) in [7, 11) is 0. The van der Waals surface area contributed by atoms with Gasteiger partial charge in [0.05, 0.1) is 12.2 Å². The van der Waals surface area contributed by atoms with E-state index in [0.717, 1.165) is 0 Å². The van der Waals surface area contributed by atoms with Gasteiger partial charge in [-0.3, -0.25) is 4.79 Å². The molecule has 144 valence electrons. The van der Waals surface area contributed by atoms with Crippen LogP contribution >= 0.6 is 0 Å². The lowest BCUT2D eigenvalue weighted by Gasteiger charge is -2.08. The molecule has 0 bridgehead atoms. The molecule has 2 heterocycles. The maximum absolute atomic E-state index is 12.5. The molecule has 2 aromatic heterocycles. The lowest BCUT2D eigenvalue weighted by atomic mass is 10.2. The summed E-state index contributed by atoms with van der Waals surface area (Å²) in [5.41, 5.74) is 1.73. The van der Waals surface area contributed by atoms with Gasteiger partial charge in [-0.2, -0.15) is 0 Å². The summed E-state index contributed by atoms with van der Waals surface area (Å²) >= 11 is 0. The SMILES string of the molecule is CCOC(=O)c1ccc(NC(=O)c2cc(C)nc(Nc3cc(C)on3)n2)cc1. The molecule has 0 fully saturated rings. The largest absolute Gasteiger partial charge is 0.462 e. The van der Waals surface area contributed by atoms with Gasteiger partial charge >= 0.3 is 5.97 Å². The topological polar surface area (TPSA) is 119 Å². The van der Waals surface area contributed by atoms with Crippen LogP contribution in [0.5, 0.6) is 0 Å². The van der Waals surface area contributed by atoms with Crippen molar-refractivity contribution in [1.29, 1.82) is 0 Å². The third kappa shape index (κ3) is 4.70. The number of carbonyl (C=O) groups excluding carboxylic acids is 2. The number of amides is 1. The van der Waals surface area contributed by atoms with E-state index in [9.17, 15) is 9.59 Å². The highest BCUT2D eigenvalue weighted by molar-refractivity contribution is 6.03. The number of esters is 1. The van der Waals surface area contributed by atoms with Gasteiger partial charge in [0.2, 0.25) is 5.95 Å². The summed E-state index contributed by atoms with van der Waals surface area (Å²) in [6, 6.07) is 9.67. The molecule has 0 saturated heterocycles. The van der Waals surface area contributed by atoms with Crippen molar-refractivity contribution in [2.45, 2.75) is 20.8 Å². The molecule has 9 nitrogen and oxygen atoms in total. The van der Waals surface area contributed by atoms with Gasteiger partial charge < -0.3 is 19.9 Å². The normalized spacial score (nSPS) is 10.4. The molecule has 3 rings (SSSR count). The summed E-state index contributed by atoms with van der Waals surface area (Å²) in [4.78, 5) is 32.7. The Morgan fingerprint density at radius 1 is 1.11 bits per heavy atom. The van der Waals surface area contributed by atoms with E-state index in [1.54, 1.807) is 57.2 Å². The van der Waals surface area contributed by atoms with E-state index >= 15 is 0 Å². The third-order valence-electron chi connectivity index (χ3n) is 3.61. The van der Waals surface area contributed by atoms with E-state index in [-0.39, 0.29) is 11.6 Å². The molecule has 1 amide bonds. The van der Waals surface area contributed by atoms with E-state index in [4.69, 9.17) is 9.26 Å². The van der Waals surface area contributed by atoms with Crippen LogP contribution in [0.3, 0.4) is 0 Å². The molecule has 2 N–H and O–H groups in total. The molecule has 0 radical (unpaired) electrons. The maximum atomic E-state index is 12.5. The second-order valence-electron chi connectivity index (χ2n) is 5.92. The summed E-state index contributed by atoms with van der Waals surface area (Å²) in [5, 5.41) is 9.45. The zero-order valence-corrected chi connectivity index (χ0v) is 15.6. The summed E-state index contributed by atoms with van der Waals surface area (Å²) in [5.74, 6) is 0.499. The maximum Gasteiger partial charge on any atom is 0.338 e. The molecule has 0 atom stereocenters. The van der Waals surface area contributed by atoms with Crippen molar-refractivity contribution >= 4 is 29.3 Å². The second-order valence-corrected chi connectivity index (χ2v) is 5.92. The van der Waals surface area contributed by atoms with Crippen molar-refractivity contribution in [2.24, 2.45) is 0 Å². The Kier molecular flexibility index (Phi) is 5.64. The number of carbonyl (C=O) groups is 2. The van der Waals surface area contributed by atoms with E-state index in [0.29, 0.717) is 35.1 Å². The van der Waals surface area contributed by atoms with Gasteiger partial charge in [0.25, 0.3) is 5.91 Å². The highest BCUT2D eigenvalue weighted by atomic mass is 16.5. The third-order valence-corrected chi connectivity index (χ3v) is 3.61. The van der Waals surface area contributed by atoms with Gasteiger partial charge in [-0.1, -0.05) is 5.16 Å². The first kappa shape index (κ1) is 19.0. The average molecular weight is 381 g/mol. The Morgan fingerprint density at radius 3 is 2.50 bits per heavy atom. The molecule has 0 aliphatic rings. The second kappa shape index (κ2) is 8.30. The summed E-state index contributed by atoms with van der Waals surface area (Å²) in [6.45, 7) is 5.56. The van der Waals surface area contributed by atoms with Gasteiger partial charge in [-0.15, -0.1) is 0 Å². The fourth-order valence-electron chi connectivity index (χ4n) is 2.38. The number of hydrogen-bond donors (Lipinski definition) is 2. The predicted molar refractivity (Wildman–Crippen MR) is 102 cm³/mol. The number of nitrogens with zero attached hydrogens (tertiary/aromatic N) is 3. The monoisotopic (exact) mass is 381 g/mol. The molecule has 9 heteroatoms. The minimum absolute atomic E-state index is 0.185. The minimum atomic E-state index is -0.411. The van der Waals surface area contributed by atoms with Crippen LogP contribution in [0.4, 0.5) is 17.5 Å². The van der Waals surface area contributed by atoms with Crippen LogP contribution in [0.2, 0.25) is 0 Å². The van der Waals surface area contributed by atoms with Crippen molar-refractivity contribution in [1.82, 2.24) is 15.1 Å². The molecular formula is C19H19N5O4. The molecule has 3 aromatic rings. The van der Waals surface area contributed by atoms with Crippen LogP contribution in [-0.4, -0.2) is 33.6 Å². The van der Waals surface area contributed by atoms with Crippen molar-refractivity contribution in [3.63, 3.8) is 0 Å². The summed E-state index contributed by atoms with van der Waals surface area (Å²) in [6.07, 6.45) is 0. The number of hydrogen-bond acceptors (Lipinski definition) is 8. The van der Waals surface area contributed by atoms with Crippen LogP contribution < -0.4 is 10.6 Å². The Balaban J connectivity index is 1.72. The van der Waals surface area contributed by atoms with E-state index < -0.39 is 11.9 Å². The van der Waals surface area contributed by atoms with Crippen LogP contribution in [0, 0.1) is 13.8 Å². The van der Waals surface area contributed by atoms with Crippen molar-refractivity contribution in [3.8, 4) is 0 Å². The Labute approximate surface area is 161 Å². The van der Waals surface area contributed by atoms with Crippen LogP contribution in [-0.2, 0) is 4.74 Å². The first-order chi connectivity index (χ1) is 13.4. The van der Waals surface area contributed by atoms with Crippen LogP contribution in [0.15, 0.2) is 40.9 Å². The number of aryl methyl sites for hydroxylation is 2. The Morgan fingerprint density at radius 2 is 1.86 bits per heavy atom. The van der Waals surface area contributed by atoms with Gasteiger partial charge in [-0.05, 0) is 51.1 Å². The number of anilines is 3. The van der Waals surface area contributed by atoms with E-state index in [1.807, 2.05) is 0 Å². The quantitative estimate of drug-likeness (QED) is 0.625. The fraction of sp³-hybridized carbons (Fsp3) is 0.211. The molecule has 0 spiro atoms. The lowest BCUT2D eigenvalue weighted by molar-refractivity contribution is 0.0526. The minimum Gasteiger partial charge on any atom is -0.462 e. The number of ether oxygens (including phenoxy) is 1. The van der Waals surface area contributed by atoms with E-state index in [2.05, 4.69) is 25.8 Å². The molecule has 28 heavy (non-hydrogen) atoms. The highest BCUT2D eigenvalue weighted by Gasteiger charge is 2.13. The smallest absolute Gasteiger partial charge is 0.338 e. The number of aromatic nitrogens is 3. The van der Waals surface area contributed by atoms with Gasteiger partial charge in [0.1, 0.15) is 11.5 Å². The molecule has 0 saturated carbocycles. The fourth-order valence-corrected chi connectivity index (χ4v) is 2.38. The first-order valence-electron chi connectivity index (χ1n) is 8.59. The van der Waals surface area contributed by atoms with Gasteiger partial charge in [-0.25, -0.2) is 14.8 Å². The van der Waals surface area contributed by atoms with Crippen LogP contribution in [0.25, 0.3) is 0 Å². The molecule has 0 aliphatic carbocycles. The number of rotatable bonds is 6. The zero-order chi connectivity index (χ0) is 20.1. The highest BCUT2D eigenvalue weighted by Crippen LogP contribution is 2.15. The Bertz CT molecular complexity index is 998. The lowest BCUT2D eigenvalue weighted by Crippen LogP contribution is -2.15. The Hall–Kier alpha value is -3.75. The number of nitrogens with one attached hydrogen (secondary N) is 2. The molecular weight excluding hydrogens is 362 g/mol. The molecule has 0 aliphatic heterocycles. The zero-order valence-electron chi connectivity index (χ0n) is 15.6. The van der Waals surface area contributed by atoms with Crippen molar-refractivity contribution in [3.05, 3.63) is 59.1 Å². The van der Waals surface area contributed by atoms with Gasteiger partial charge in [0, 0.05) is 17.4 Å².